The first-order valence-electron chi connectivity index (χ1n) is 11.8. The van der Waals surface area contributed by atoms with E-state index >= 15 is 0 Å². The molecule has 170 valence electrons. The molecule has 4 fully saturated rings. The molecule has 1 aromatic rings. The van der Waals surface area contributed by atoms with E-state index in [0.29, 0.717) is 6.54 Å². The van der Waals surface area contributed by atoms with Crippen LogP contribution in [0.25, 0.3) is 0 Å². The molecule has 4 bridgehead atoms. The number of nitrogens with zero attached hydrogens (tertiary/aromatic N) is 1. The smallest absolute Gasteiger partial charge is 0.290 e. The maximum Gasteiger partial charge on any atom is 0.290 e. The normalized spacial score (nSPS) is 32.4. The fourth-order valence-corrected chi connectivity index (χ4v) is 6.87. The van der Waals surface area contributed by atoms with Crippen molar-refractivity contribution in [3.63, 3.8) is 0 Å². The van der Waals surface area contributed by atoms with Crippen molar-refractivity contribution in [2.45, 2.75) is 82.5 Å². The quantitative estimate of drug-likeness (QED) is 0.511. The molecule has 0 saturated heterocycles. The van der Waals surface area contributed by atoms with Crippen LogP contribution in [0.1, 0.15) is 69.4 Å². The molecule has 6 heteroatoms. The lowest BCUT2D eigenvalue weighted by Crippen LogP contribution is -2.66. The molecule has 31 heavy (non-hydrogen) atoms. The fourth-order valence-electron chi connectivity index (χ4n) is 6.87. The summed E-state index contributed by atoms with van der Waals surface area (Å²) in [4.78, 5) is 23.3. The van der Waals surface area contributed by atoms with Crippen LogP contribution >= 0.6 is 0 Å². The van der Waals surface area contributed by atoms with Gasteiger partial charge in [0, 0.05) is 25.2 Å². The Morgan fingerprint density at radius 3 is 2.39 bits per heavy atom. The number of hydrogen-bond acceptors (Lipinski definition) is 4. The number of rotatable bonds is 7. The van der Waals surface area contributed by atoms with Crippen LogP contribution in [-0.2, 0) is 27.4 Å². The van der Waals surface area contributed by atoms with Crippen LogP contribution in [0.15, 0.2) is 24.3 Å². The first-order chi connectivity index (χ1) is 15.0. The maximum absolute atomic E-state index is 12.9. The first kappa shape index (κ1) is 22.3. The van der Waals surface area contributed by atoms with E-state index in [4.69, 9.17) is 14.6 Å². The lowest BCUT2D eigenvalue weighted by molar-refractivity contribution is -0.176. The second-order valence-electron chi connectivity index (χ2n) is 10.1. The third kappa shape index (κ3) is 4.80. The monoisotopic (exact) mass is 428 g/mol. The van der Waals surface area contributed by atoms with E-state index in [-0.39, 0.29) is 23.5 Å². The summed E-state index contributed by atoms with van der Waals surface area (Å²) >= 11 is 0. The minimum Gasteiger partial charge on any atom is -0.483 e. The molecule has 1 aliphatic heterocycles. The zero-order chi connectivity index (χ0) is 21.9. The van der Waals surface area contributed by atoms with Crippen molar-refractivity contribution in [2.75, 3.05) is 13.2 Å². The van der Waals surface area contributed by atoms with Crippen LogP contribution in [0.4, 0.5) is 0 Å². The largest absolute Gasteiger partial charge is 0.483 e. The van der Waals surface area contributed by atoms with Crippen LogP contribution in [0.3, 0.4) is 0 Å². The molecule has 5 aliphatic rings. The summed E-state index contributed by atoms with van der Waals surface area (Å²) in [5.74, 6) is 1.80. The number of amides is 1. The molecule has 0 spiro atoms. The fraction of sp³-hybridized carbons (Fsp3) is 0.680. The number of carbonyl (C=O) groups excluding carboxylic acids is 1. The lowest BCUT2D eigenvalue weighted by Gasteiger charge is -2.62. The summed E-state index contributed by atoms with van der Waals surface area (Å²) in [5, 5.41) is 10.7. The van der Waals surface area contributed by atoms with Gasteiger partial charge in [-0.05, 0) is 67.9 Å². The molecule has 1 amide bonds. The van der Waals surface area contributed by atoms with Gasteiger partial charge >= 0.3 is 0 Å². The first-order valence-corrected chi connectivity index (χ1v) is 11.8. The van der Waals surface area contributed by atoms with Gasteiger partial charge in [-0.15, -0.1) is 0 Å². The van der Waals surface area contributed by atoms with Crippen molar-refractivity contribution < 1.29 is 19.4 Å². The summed E-state index contributed by atoms with van der Waals surface area (Å²) in [5.41, 5.74) is 2.81. The number of carboxylic acid groups (broad SMARTS) is 1. The molecule has 1 heterocycles. The Bertz CT molecular complexity index is 756. The number of fused-ring (bicyclic) bond motifs is 1. The number of unbranched alkanes of at least 4 members (excludes halogenated alkanes) is 1. The molecule has 2 unspecified atom stereocenters. The molecular formula is C25H36N2O4. The van der Waals surface area contributed by atoms with E-state index in [2.05, 4.69) is 36.5 Å². The van der Waals surface area contributed by atoms with E-state index in [9.17, 15) is 4.79 Å². The minimum absolute atomic E-state index is 0.0825. The van der Waals surface area contributed by atoms with Crippen LogP contribution in [-0.4, -0.2) is 46.7 Å². The molecule has 6 nitrogen and oxygen atoms in total. The van der Waals surface area contributed by atoms with E-state index in [1.165, 1.54) is 49.7 Å². The van der Waals surface area contributed by atoms with Crippen molar-refractivity contribution in [3.8, 4) is 0 Å². The number of ether oxygens (including phenoxy) is 1. The van der Waals surface area contributed by atoms with Crippen molar-refractivity contribution in [1.29, 1.82) is 0 Å². The van der Waals surface area contributed by atoms with Gasteiger partial charge in [-0.3, -0.25) is 9.59 Å². The van der Waals surface area contributed by atoms with Crippen LogP contribution in [0.5, 0.6) is 0 Å². The summed E-state index contributed by atoms with van der Waals surface area (Å²) in [6.07, 6.45) is 9.77. The molecular weight excluding hydrogens is 392 g/mol. The Labute approximate surface area is 185 Å². The van der Waals surface area contributed by atoms with Gasteiger partial charge in [0.15, 0.2) is 0 Å². The van der Waals surface area contributed by atoms with Crippen molar-refractivity contribution in [2.24, 2.45) is 11.8 Å². The third-order valence-electron chi connectivity index (χ3n) is 7.72. The lowest BCUT2D eigenvalue weighted by atomic mass is 9.51. The van der Waals surface area contributed by atoms with Crippen molar-refractivity contribution >= 4 is 12.4 Å². The molecule has 4 saturated carbocycles. The Hall–Kier alpha value is -1.92. The summed E-state index contributed by atoms with van der Waals surface area (Å²) < 4.78 is 6.52. The Balaban J connectivity index is 0.000000730. The summed E-state index contributed by atoms with van der Waals surface area (Å²) in [7, 11) is 0. The van der Waals surface area contributed by atoms with Gasteiger partial charge in [-0.1, -0.05) is 37.6 Å². The van der Waals surface area contributed by atoms with Gasteiger partial charge in [0.25, 0.3) is 6.47 Å². The highest BCUT2D eigenvalue weighted by molar-refractivity contribution is 5.79. The highest BCUT2D eigenvalue weighted by atomic mass is 16.5. The van der Waals surface area contributed by atoms with Gasteiger partial charge in [0.1, 0.15) is 0 Å². The molecule has 1 aromatic carbocycles. The zero-order valence-corrected chi connectivity index (χ0v) is 18.6. The molecule has 6 rings (SSSR count). The van der Waals surface area contributed by atoms with E-state index in [0.717, 1.165) is 44.4 Å². The average Bonchev–Trinajstić information content (AvgIpc) is 3.16. The molecule has 0 radical (unpaired) electrons. The zero-order valence-electron chi connectivity index (χ0n) is 18.6. The third-order valence-corrected chi connectivity index (χ3v) is 7.72. The number of hydrogen-bond donors (Lipinski definition) is 2. The second-order valence-corrected chi connectivity index (χ2v) is 10.1. The molecule has 2 atom stereocenters. The average molecular weight is 429 g/mol. The molecule has 4 aliphatic carbocycles. The van der Waals surface area contributed by atoms with Crippen molar-refractivity contribution in [1.82, 2.24) is 10.2 Å². The topological polar surface area (TPSA) is 78.9 Å². The number of benzene rings is 1. The van der Waals surface area contributed by atoms with Gasteiger partial charge in [0.2, 0.25) is 5.91 Å². The Morgan fingerprint density at radius 2 is 1.81 bits per heavy atom. The van der Waals surface area contributed by atoms with E-state index in [1.54, 1.807) is 0 Å². The predicted octanol–water partition coefficient (Wildman–Crippen LogP) is 3.73. The van der Waals surface area contributed by atoms with E-state index < -0.39 is 0 Å². The predicted molar refractivity (Wildman–Crippen MR) is 118 cm³/mol. The van der Waals surface area contributed by atoms with Crippen LogP contribution in [0, 0.1) is 11.8 Å². The van der Waals surface area contributed by atoms with Gasteiger partial charge in [-0.2, -0.15) is 0 Å². The van der Waals surface area contributed by atoms with Gasteiger partial charge in [-0.25, -0.2) is 0 Å². The SMILES string of the molecule is CCCCOC12CC3CC(CC(NCC(=O)N4Cc5ccccc5C4)(C3)C1)C2.O=CO. The van der Waals surface area contributed by atoms with Crippen molar-refractivity contribution in [3.05, 3.63) is 35.4 Å². The number of carbonyl (C=O) groups is 2. The van der Waals surface area contributed by atoms with Crippen LogP contribution < -0.4 is 5.32 Å². The highest BCUT2D eigenvalue weighted by Crippen LogP contribution is 2.58. The standard InChI is InChI=1S/C24H34N2O2.CH2O2/c1-2-3-8-28-24-12-18-9-19(13-24)11-23(10-18,17-24)25-14-22(27)26-15-20-6-4-5-7-21(20)16-26;2-1-3/h4-7,18-19,25H,2-3,8-17H2,1H3;1H,(H,2,3). The number of nitrogens with one attached hydrogen (secondary N) is 1. The highest BCUT2D eigenvalue weighted by Gasteiger charge is 2.58. The van der Waals surface area contributed by atoms with Crippen LogP contribution in [0.2, 0.25) is 0 Å². The molecule has 0 aromatic heterocycles. The minimum atomic E-state index is -0.250. The van der Waals surface area contributed by atoms with Gasteiger partial charge < -0.3 is 20.1 Å². The second kappa shape index (κ2) is 9.29. The Kier molecular flexibility index (Phi) is 6.68. The summed E-state index contributed by atoms with van der Waals surface area (Å²) in [6, 6.07) is 8.43. The molecule has 2 N–H and O–H groups in total. The van der Waals surface area contributed by atoms with E-state index in [1.807, 2.05) is 4.90 Å². The summed E-state index contributed by atoms with van der Waals surface area (Å²) in [6.45, 7) is 4.88. The Morgan fingerprint density at radius 1 is 1.19 bits per heavy atom. The maximum atomic E-state index is 12.9. The van der Waals surface area contributed by atoms with Gasteiger partial charge in [0.05, 0.1) is 12.1 Å².